The molecule has 7 heteroatoms. The average molecular weight is 305 g/mol. The van der Waals surface area contributed by atoms with Crippen LogP contribution in [0.4, 0.5) is 4.79 Å². The summed E-state index contributed by atoms with van der Waals surface area (Å²) in [5, 5.41) is 0. The topological polar surface area (TPSA) is 84.5 Å². The van der Waals surface area contributed by atoms with Gasteiger partial charge >= 0.3 is 6.03 Å². The monoisotopic (exact) mass is 305 g/mol. The van der Waals surface area contributed by atoms with Gasteiger partial charge in [-0.1, -0.05) is 0 Å². The summed E-state index contributed by atoms with van der Waals surface area (Å²) in [4.78, 5) is 31.8. The third-order valence-electron chi connectivity index (χ3n) is 4.58. The number of hydrogen-bond acceptors (Lipinski definition) is 3. The number of piperidine rings is 1. The van der Waals surface area contributed by atoms with Crippen LogP contribution < -0.4 is 5.73 Å². The van der Waals surface area contributed by atoms with Crippen LogP contribution in [0.3, 0.4) is 0 Å². The van der Waals surface area contributed by atoms with Gasteiger partial charge in [-0.2, -0.15) is 0 Å². The van der Waals surface area contributed by atoms with E-state index in [1.165, 1.54) is 0 Å². The van der Waals surface area contributed by atoms with Crippen LogP contribution >= 0.6 is 0 Å². The summed E-state index contributed by atoms with van der Waals surface area (Å²) >= 11 is 0. The molecule has 1 aromatic rings. The van der Waals surface area contributed by atoms with Crippen LogP contribution in [0.25, 0.3) is 0 Å². The fourth-order valence-electron chi connectivity index (χ4n) is 3.42. The van der Waals surface area contributed by atoms with E-state index in [2.05, 4.69) is 4.98 Å². The first kappa shape index (κ1) is 14.9. The molecule has 0 radical (unpaired) electrons. The summed E-state index contributed by atoms with van der Waals surface area (Å²) in [6.07, 6.45) is 7.51. The number of nitrogens with two attached hydrogens (primary N) is 1. The molecular weight excluding hydrogens is 282 g/mol. The number of carbonyl (C=O) groups is 2. The van der Waals surface area contributed by atoms with Crippen LogP contribution in [-0.2, 0) is 11.3 Å². The number of primary amides is 1. The quantitative estimate of drug-likeness (QED) is 0.895. The van der Waals surface area contributed by atoms with E-state index < -0.39 is 0 Å². The van der Waals surface area contributed by atoms with Gasteiger partial charge < -0.3 is 20.1 Å². The van der Waals surface area contributed by atoms with E-state index >= 15 is 0 Å². The molecule has 2 aliphatic rings. The first-order chi connectivity index (χ1) is 10.6. The smallest absolute Gasteiger partial charge is 0.319 e. The third-order valence-corrected chi connectivity index (χ3v) is 4.58. The first-order valence-electron chi connectivity index (χ1n) is 7.98. The lowest BCUT2D eigenvalue weighted by atomic mass is 9.96. The lowest BCUT2D eigenvalue weighted by molar-refractivity contribution is -0.118. The maximum atomic E-state index is 12.4. The normalized spacial score (nSPS) is 19.6. The second-order valence-corrected chi connectivity index (χ2v) is 6.12. The Balaban J connectivity index is 1.58. The van der Waals surface area contributed by atoms with Crippen LogP contribution in [-0.4, -0.2) is 57.5 Å². The maximum absolute atomic E-state index is 12.4. The Labute approximate surface area is 130 Å². The van der Waals surface area contributed by atoms with Gasteiger partial charge in [0.25, 0.3) is 0 Å². The molecule has 0 unspecified atom stereocenters. The Bertz CT molecular complexity index is 542. The zero-order valence-corrected chi connectivity index (χ0v) is 12.8. The Morgan fingerprint density at radius 1 is 1.14 bits per heavy atom. The van der Waals surface area contributed by atoms with Gasteiger partial charge in [0.1, 0.15) is 12.4 Å². The largest absolute Gasteiger partial charge is 0.368 e. The number of hydrogen-bond donors (Lipinski definition) is 1. The summed E-state index contributed by atoms with van der Waals surface area (Å²) in [6, 6.07) is 0.177. The van der Waals surface area contributed by atoms with Crippen molar-refractivity contribution >= 4 is 11.9 Å². The van der Waals surface area contributed by atoms with Gasteiger partial charge in [-0.05, 0) is 25.7 Å². The molecular formula is C15H23N5O2. The van der Waals surface area contributed by atoms with Crippen molar-refractivity contribution in [2.45, 2.75) is 38.1 Å². The van der Waals surface area contributed by atoms with E-state index in [9.17, 15) is 9.59 Å². The number of rotatable bonds is 3. The molecule has 0 atom stereocenters. The number of nitrogens with zero attached hydrogens (tertiary/aromatic N) is 4. The Morgan fingerprint density at radius 2 is 1.77 bits per heavy atom. The highest BCUT2D eigenvalue weighted by molar-refractivity contribution is 5.75. The molecule has 2 aliphatic heterocycles. The van der Waals surface area contributed by atoms with Crippen LogP contribution in [0.5, 0.6) is 0 Å². The summed E-state index contributed by atoms with van der Waals surface area (Å²) in [5.74, 6) is 0.838. The molecule has 3 rings (SSSR count). The van der Waals surface area contributed by atoms with Gasteiger partial charge in [0.2, 0.25) is 5.91 Å². The molecule has 2 saturated heterocycles. The summed E-state index contributed by atoms with van der Waals surface area (Å²) in [5.41, 5.74) is 5.27. The van der Waals surface area contributed by atoms with Crippen LogP contribution in [0.2, 0.25) is 0 Å². The molecule has 2 fully saturated rings. The molecule has 3 amide bonds. The van der Waals surface area contributed by atoms with Crippen molar-refractivity contribution in [2.75, 3.05) is 26.2 Å². The second-order valence-electron chi connectivity index (χ2n) is 6.12. The highest BCUT2D eigenvalue weighted by Gasteiger charge is 2.29. The Kier molecular flexibility index (Phi) is 4.31. The van der Waals surface area contributed by atoms with Gasteiger partial charge in [-0.15, -0.1) is 0 Å². The molecule has 2 N–H and O–H groups in total. The van der Waals surface area contributed by atoms with E-state index in [0.29, 0.717) is 0 Å². The SMILES string of the molecule is NC(=O)Cn1ccnc1C1CCN(C(=O)N2CCCC2)CC1. The molecule has 3 heterocycles. The fourth-order valence-corrected chi connectivity index (χ4v) is 3.42. The van der Waals surface area contributed by atoms with Gasteiger partial charge in [0.15, 0.2) is 0 Å². The van der Waals surface area contributed by atoms with Gasteiger partial charge in [-0.25, -0.2) is 9.78 Å². The second kappa shape index (κ2) is 6.37. The highest BCUT2D eigenvalue weighted by Crippen LogP contribution is 2.27. The molecule has 0 bridgehead atoms. The molecule has 0 saturated carbocycles. The van der Waals surface area contributed by atoms with Crippen molar-refractivity contribution in [1.29, 1.82) is 0 Å². The molecule has 7 nitrogen and oxygen atoms in total. The van der Waals surface area contributed by atoms with Crippen molar-refractivity contribution in [1.82, 2.24) is 19.4 Å². The van der Waals surface area contributed by atoms with Gasteiger partial charge in [-0.3, -0.25) is 4.79 Å². The predicted molar refractivity (Wildman–Crippen MR) is 81.2 cm³/mol. The standard InChI is InChI=1S/C15H23N5O2/c16-13(21)11-20-10-5-17-14(20)12-3-8-19(9-4-12)15(22)18-6-1-2-7-18/h5,10,12H,1-4,6-9,11H2,(H2,16,21). The van der Waals surface area contributed by atoms with Gasteiger partial charge in [0, 0.05) is 44.5 Å². The fraction of sp³-hybridized carbons (Fsp3) is 0.667. The highest BCUT2D eigenvalue weighted by atomic mass is 16.2. The molecule has 22 heavy (non-hydrogen) atoms. The minimum Gasteiger partial charge on any atom is -0.368 e. The molecule has 1 aromatic heterocycles. The van der Waals surface area contributed by atoms with Crippen LogP contribution in [0, 0.1) is 0 Å². The summed E-state index contributed by atoms with van der Waals surface area (Å²) in [7, 11) is 0. The van der Waals surface area contributed by atoms with Crippen LogP contribution in [0.1, 0.15) is 37.4 Å². The number of amides is 3. The average Bonchev–Trinajstić information content (AvgIpc) is 3.17. The van der Waals surface area contributed by atoms with E-state index in [1.54, 1.807) is 12.4 Å². The predicted octanol–water partition coefficient (Wildman–Crippen LogP) is 0.764. The van der Waals surface area contributed by atoms with E-state index in [4.69, 9.17) is 5.73 Å². The number of imidazole rings is 1. The number of urea groups is 1. The zero-order chi connectivity index (χ0) is 15.5. The van der Waals surface area contributed by atoms with E-state index in [-0.39, 0.29) is 24.4 Å². The number of aromatic nitrogens is 2. The van der Waals surface area contributed by atoms with E-state index in [1.807, 2.05) is 14.4 Å². The third kappa shape index (κ3) is 3.08. The van der Waals surface area contributed by atoms with Crippen molar-refractivity contribution < 1.29 is 9.59 Å². The van der Waals surface area contributed by atoms with Crippen LogP contribution in [0.15, 0.2) is 12.4 Å². The minimum atomic E-state index is -0.360. The molecule has 0 spiro atoms. The van der Waals surface area contributed by atoms with Gasteiger partial charge in [0.05, 0.1) is 0 Å². The summed E-state index contributed by atoms with van der Waals surface area (Å²) in [6.45, 7) is 3.46. The molecule has 0 aliphatic carbocycles. The Morgan fingerprint density at radius 3 is 2.41 bits per heavy atom. The van der Waals surface area contributed by atoms with E-state index in [0.717, 1.165) is 57.7 Å². The zero-order valence-electron chi connectivity index (χ0n) is 12.8. The first-order valence-corrected chi connectivity index (χ1v) is 7.98. The Hall–Kier alpha value is -2.05. The maximum Gasteiger partial charge on any atom is 0.319 e. The molecule has 0 aromatic carbocycles. The van der Waals surface area contributed by atoms with Crippen molar-refractivity contribution in [2.24, 2.45) is 5.73 Å². The molecule has 120 valence electrons. The van der Waals surface area contributed by atoms with Crippen molar-refractivity contribution in [3.05, 3.63) is 18.2 Å². The van der Waals surface area contributed by atoms with Crippen molar-refractivity contribution in [3.8, 4) is 0 Å². The lowest BCUT2D eigenvalue weighted by Gasteiger charge is -2.34. The van der Waals surface area contributed by atoms with Crippen molar-refractivity contribution in [3.63, 3.8) is 0 Å². The number of likely N-dealkylation sites (tertiary alicyclic amines) is 2. The summed E-state index contributed by atoms with van der Waals surface area (Å²) < 4.78 is 1.82. The minimum absolute atomic E-state index is 0.169. The lowest BCUT2D eigenvalue weighted by Crippen LogP contribution is -2.45. The number of carbonyl (C=O) groups excluding carboxylic acids is 2.